The maximum Gasteiger partial charge on any atom is 0.336 e. The lowest BCUT2D eigenvalue weighted by molar-refractivity contribution is -0.139. The summed E-state index contributed by atoms with van der Waals surface area (Å²) >= 11 is 0. The molecule has 4 rings (SSSR count). The van der Waals surface area contributed by atoms with Crippen LogP contribution in [0.2, 0.25) is 0 Å². The van der Waals surface area contributed by atoms with Crippen LogP contribution in [0.1, 0.15) is 24.8 Å². The first-order chi connectivity index (χ1) is 12.0. The molecule has 132 valence electrons. The number of rotatable bonds is 4. The van der Waals surface area contributed by atoms with Gasteiger partial charge in [-0.1, -0.05) is 0 Å². The summed E-state index contributed by atoms with van der Waals surface area (Å²) in [6, 6.07) is 6.67. The molecule has 1 aliphatic heterocycles. The second kappa shape index (κ2) is 5.88. The van der Waals surface area contributed by atoms with Crippen LogP contribution in [-0.4, -0.2) is 41.2 Å². The molecule has 6 heteroatoms. The molecule has 0 spiro atoms. The fraction of sp³-hybridized carbons (Fsp3) is 0.474. The Morgan fingerprint density at radius 2 is 2.28 bits per heavy atom. The van der Waals surface area contributed by atoms with Gasteiger partial charge in [0.1, 0.15) is 11.3 Å². The maximum atomic E-state index is 12.6. The van der Waals surface area contributed by atoms with Gasteiger partial charge < -0.3 is 19.2 Å². The molecule has 2 heterocycles. The second-order valence-corrected chi connectivity index (χ2v) is 7.05. The summed E-state index contributed by atoms with van der Waals surface area (Å²) in [6.45, 7) is 2.45. The highest BCUT2D eigenvalue weighted by Gasteiger charge is 2.60. The number of fused-ring (bicyclic) bond motifs is 2. The Kier molecular flexibility index (Phi) is 3.80. The average Bonchev–Trinajstić information content (AvgIpc) is 3.34. The van der Waals surface area contributed by atoms with Crippen molar-refractivity contribution < 1.29 is 19.1 Å². The molecule has 1 N–H and O–H groups in total. The van der Waals surface area contributed by atoms with Crippen LogP contribution in [-0.2, 0) is 4.79 Å². The van der Waals surface area contributed by atoms with Crippen LogP contribution in [0, 0.1) is 12.8 Å². The van der Waals surface area contributed by atoms with Crippen molar-refractivity contribution in [2.24, 2.45) is 5.92 Å². The zero-order valence-electron chi connectivity index (χ0n) is 14.2. The van der Waals surface area contributed by atoms with Crippen molar-refractivity contribution in [1.29, 1.82) is 0 Å². The third kappa shape index (κ3) is 2.70. The molecule has 1 saturated carbocycles. The number of ether oxygens (including phenoxy) is 1. The fourth-order valence-corrected chi connectivity index (χ4v) is 4.06. The number of likely N-dealkylation sites (tertiary alicyclic amines) is 1. The van der Waals surface area contributed by atoms with E-state index in [1.807, 2.05) is 13.0 Å². The van der Waals surface area contributed by atoms with Gasteiger partial charge in [-0.05, 0) is 49.8 Å². The minimum atomic E-state index is -0.406. The normalized spacial score (nSPS) is 24.9. The van der Waals surface area contributed by atoms with E-state index in [9.17, 15) is 14.7 Å². The van der Waals surface area contributed by atoms with Crippen molar-refractivity contribution >= 4 is 16.9 Å². The van der Waals surface area contributed by atoms with Crippen molar-refractivity contribution in [3.05, 3.63) is 40.2 Å². The van der Waals surface area contributed by atoms with E-state index in [0.29, 0.717) is 23.8 Å². The summed E-state index contributed by atoms with van der Waals surface area (Å²) in [6.07, 6.45) is 2.93. The van der Waals surface area contributed by atoms with E-state index in [-0.39, 0.29) is 24.7 Å². The number of aliphatic hydroxyl groups excluding tert-OH is 1. The first-order valence-corrected chi connectivity index (χ1v) is 8.62. The largest absolute Gasteiger partial charge is 0.484 e. The summed E-state index contributed by atoms with van der Waals surface area (Å²) in [5.41, 5.74) is 0.525. The van der Waals surface area contributed by atoms with E-state index in [0.717, 1.165) is 30.2 Å². The third-order valence-electron chi connectivity index (χ3n) is 5.53. The number of hydrogen-bond donors (Lipinski definition) is 1. The number of aryl methyl sites for hydroxylation is 1. The molecule has 25 heavy (non-hydrogen) atoms. The standard InChI is InChI=1S/C19H21NO5/c1-12-7-18(23)25-16-8-14(4-5-15(12)16)24-10-17(22)20-6-2-3-13-9-19(13,20)11-21/h4-5,7-8,13,21H,2-3,6,9-11H2,1H3/t13-,19-/m1/s1. The van der Waals surface area contributed by atoms with Crippen molar-refractivity contribution in [3.63, 3.8) is 0 Å². The minimum absolute atomic E-state index is 0.0177. The molecule has 2 atom stereocenters. The molecule has 6 nitrogen and oxygen atoms in total. The topological polar surface area (TPSA) is 80.0 Å². The van der Waals surface area contributed by atoms with Crippen LogP contribution in [0.15, 0.2) is 33.5 Å². The molecule has 2 fully saturated rings. The molecule has 0 bridgehead atoms. The molecule has 1 aromatic heterocycles. The van der Waals surface area contributed by atoms with Crippen molar-refractivity contribution in [3.8, 4) is 5.75 Å². The number of aliphatic hydroxyl groups is 1. The van der Waals surface area contributed by atoms with E-state index in [4.69, 9.17) is 9.15 Å². The molecular formula is C19H21NO5. The number of hydrogen-bond acceptors (Lipinski definition) is 5. The van der Waals surface area contributed by atoms with Crippen LogP contribution >= 0.6 is 0 Å². The number of benzene rings is 1. The van der Waals surface area contributed by atoms with Crippen LogP contribution in [0.5, 0.6) is 5.75 Å². The Morgan fingerprint density at radius 3 is 3.08 bits per heavy atom. The lowest BCUT2D eigenvalue weighted by Gasteiger charge is -2.35. The molecule has 2 aromatic rings. The first kappa shape index (κ1) is 16.1. The maximum absolute atomic E-state index is 12.6. The quantitative estimate of drug-likeness (QED) is 0.857. The summed E-state index contributed by atoms with van der Waals surface area (Å²) < 4.78 is 10.8. The Labute approximate surface area is 145 Å². The van der Waals surface area contributed by atoms with E-state index < -0.39 is 5.63 Å². The van der Waals surface area contributed by atoms with Crippen molar-refractivity contribution in [1.82, 2.24) is 4.90 Å². The average molecular weight is 343 g/mol. The molecule has 2 aliphatic rings. The van der Waals surface area contributed by atoms with Gasteiger partial charge in [0.25, 0.3) is 5.91 Å². The SMILES string of the molecule is Cc1cc(=O)oc2cc(OCC(=O)N3CCC[C@@H]4C[C@@]43CO)ccc12. The summed E-state index contributed by atoms with van der Waals surface area (Å²) in [4.78, 5) is 25.9. The highest BCUT2D eigenvalue weighted by atomic mass is 16.5. The summed E-state index contributed by atoms with van der Waals surface area (Å²) in [5.74, 6) is 0.798. The van der Waals surface area contributed by atoms with Crippen LogP contribution in [0.25, 0.3) is 11.0 Å². The predicted octanol–water partition coefficient (Wildman–Crippen LogP) is 1.85. The van der Waals surface area contributed by atoms with Gasteiger partial charge in [-0.25, -0.2) is 4.79 Å². The van der Waals surface area contributed by atoms with Gasteiger partial charge in [-0.15, -0.1) is 0 Å². The lowest BCUT2D eigenvalue weighted by atomic mass is 10.0. The number of piperidine rings is 1. The minimum Gasteiger partial charge on any atom is -0.484 e. The zero-order chi connectivity index (χ0) is 17.6. The van der Waals surface area contributed by atoms with E-state index in [1.54, 1.807) is 17.0 Å². The van der Waals surface area contributed by atoms with Crippen LogP contribution in [0.3, 0.4) is 0 Å². The molecule has 1 aromatic carbocycles. The van der Waals surface area contributed by atoms with Gasteiger partial charge in [-0.2, -0.15) is 0 Å². The smallest absolute Gasteiger partial charge is 0.336 e. The number of nitrogens with zero attached hydrogens (tertiary/aromatic N) is 1. The second-order valence-electron chi connectivity index (χ2n) is 7.05. The zero-order valence-corrected chi connectivity index (χ0v) is 14.2. The Hall–Kier alpha value is -2.34. The third-order valence-corrected chi connectivity index (χ3v) is 5.53. The Balaban J connectivity index is 1.48. The molecule has 1 saturated heterocycles. The molecular weight excluding hydrogens is 322 g/mol. The number of carbonyl (C=O) groups is 1. The summed E-state index contributed by atoms with van der Waals surface area (Å²) in [7, 11) is 0. The number of carbonyl (C=O) groups excluding carboxylic acids is 1. The Bertz CT molecular complexity index is 889. The van der Waals surface area contributed by atoms with Gasteiger partial charge in [0.05, 0.1) is 12.1 Å². The van der Waals surface area contributed by atoms with Crippen molar-refractivity contribution in [2.45, 2.75) is 31.7 Å². The first-order valence-electron chi connectivity index (χ1n) is 8.62. The number of amides is 1. The Morgan fingerprint density at radius 1 is 1.44 bits per heavy atom. The van der Waals surface area contributed by atoms with Gasteiger partial charge in [0.15, 0.2) is 6.61 Å². The molecule has 1 aliphatic carbocycles. The molecule has 0 unspecified atom stereocenters. The highest BCUT2D eigenvalue weighted by Crippen LogP contribution is 2.53. The highest BCUT2D eigenvalue weighted by molar-refractivity contribution is 5.82. The van der Waals surface area contributed by atoms with Gasteiger partial charge in [0.2, 0.25) is 0 Å². The molecule has 0 radical (unpaired) electrons. The van der Waals surface area contributed by atoms with E-state index in [1.165, 1.54) is 6.07 Å². The van der Waals surface area contributed by atoms with Crippen molar-refractivity contribution in [2.75, 3.05) is 19.8 Å². The van der Waals surface area contributed by atoms with Crippen LogP contribution in [0.4, 0.5) is 0 Å². The van der Waals surface area contributed by atoms with Gasteiger partial charge in [0, 0.05) is 24.1 Å². The van der Waals surface area contributed by atoms with E-state index >= 15 is 0 Å². The fourth-order valence-electron chi connectivity index (χ4n) is 4.06. The summed E-state index contributed by atoms with van der Waals surface area (Å²) in [5, 5.41) is 10.5. The van der Waals surface area contributed by atoms with Gasteiger partial charge >= 0.3 is 5.63 Å². The lowest BCUT2D eigenvalue weighted by Crippen LogP contribution is -2.50. The molecule has 1 amide bonds. The monoisotopic (exact) mass is 343 g/mol. The van der Waals surface area contributed by atoms with Crippen LogP contribution < -0.4 is 10.4 Å². The van der Waals surface area contributed by atoms with E-state index in [2.05, 4.69) is 0 Å². The predicted molar refractivity (Wildman–Crippen MR) is 91.6 cm³/mol. The van der Waals surface area contributed by atoms with Gasteiger partial charge in [-0.3, -0.25) is 4.79 Å².